The van der Waals surface area contributed by atoms with E-state index in [0.29, 0.717) is 88.7 Å². The first kappa shape index (κ1) is 38.7. The Morgan fingerprint density at radius 2 is 0.710 bits per heavy atom. The van der Waals surface area contributed by atoms with Gasteiger partial charge in [0.05, 0.1) is 103 Å². The van der Waals surface area contributed by atoms with Crippen LogP contribution in [0, 0.1) is 56.7 Å². The second-order valence-corrected chi connectivity index (χ2v) is 14.4. The van der Waals surface area contributed by atoms with Crippen molar-refractivity contribution >= 4 is 43.6 Å². The van der Waals surface area contributed by atoms with Crippen LogP contribution in [-0.4, -0.2) is 9.13 Å². The highest BCUT2D eigenvalue weighted by atomic mass is 19.4. The van der Waals surface area contributed by atoms with Gasteiger partial charge < -0.3 is 9.13 Å². The molecule has 0 spiro atoms. The number of fused-ring (bicyclic) bond motifs is 6. The Morgan fingerprint density at radius 3 is 1.10 bits per heavy atom. The van der Waals surface area contributed by atoms with E-state index in [1.54, 1.807) is 102 Å². The molecule has 13 heteroatoms. The second kappa shape index (κ2) is 14.2. The van der Waals surface area contributed by atoms with Gasteiger partial charge in [0, 0.05) is 32.7 Å². The third-order valence-corrected chi connectivity index (χ3v) is 10.9. The van der Waals surface area contributed by atoms with Crippen molar-refractivity contribution in [2.45, 2.75) is 12.4 Å². The fraction of sp³-hybridized carbons (Fsp3) is 0.0408. The van der Waals surface area contributed by atoms with Gasteiger partial charge in [0.15, 0.2) is 0 Å². The minimum Gasteiger partial charge on any atom is -0.309 e. The molecular weight excluding hydrogens is 801 g/mol. The van der Waals surface area contributed by atoms with Crippen LogP contribution in [0.2, 0.25) is 0 Å². The monoisotopic (exact) mass is 821 g/mol. The van der Waals surface area contributed by atoms with Crippen LogP contribution in [0.5, 0.6) is 0 Å². The molecule has 7 aromatic carbocycles. The number of nitriles is 5. The first-order chi connectivity index (χ1) is 29.8. The van der Waals surface area contributed by atoms with E-state index in [-0.39, 0.29) is 22.9 Å². The lowest BCUT2D eigenvalue weighted by atomic mass is 9.92. The number of halogens is 6. The van der Waals surface area contributed by atoms with Gasteiger partial charge in [-0.3, -0.25) is 0 Å². The number of rotatable bonds is 4. The average Bonchev–Trinajstić information content (AvgIpc) is 3.78. The highest BCUT2D eigenvalue weighted by Crippen LogP contribution is 2.46. The largest absolute Gasteiger partial charge is 0.417 e. The lowest BCUT2D eigenvalue weighted by molar-refractivity contribution is -0.142. The quantitative estimate of drug-likeness (QED) is 0.163. The number of nitrogens with zero attached hydrogens (tertiary/aromatic N) is 7. The molecular formula is C49H21F6N7. The van der Waals surface area contributed by atoms with Gasteiger partial charge in [-0.25, -0.2) is 0 Å². The van der Waals surface area contributed by atoms with Gasteiger partial charge in [-0.2, -0.15) is 52.7 Å². The second-order valence-electron chi connectivity index (χ2n) is 14.4. The number of hydrogen-bond acceptors (Lipinski definition) is 5. The topological polar surface area (TPSA) is 129 Å². The maximum Gasteiger partial charge on any atom is 0.417 e. The van der Waals surface area contributed by atoms with E-state index in [1.165, 1.54) is 12.1 Å². The number of hydrogen-bond donors (Lipinski definition) is 0. The minimum absolute atomic E-state index is 0.0674. The van der Waals surface area contributed by atoms with Gasteiger partial charge >= 0.3 is 12.4 Å². The molecule has 0 aliphatic rings. The summed E-state index contributed by atoms with van der Waals surface area (Å²) in [7, 11) is 0. The summed E-state index contributed by atoms with van der Waals surface area (Å²) in [5.74, 6) is 0. The van der Waals surface area contributed by atoms with Gasteiger partial charge in [-0.1, -0.05) is 24.3 Å². The molecule has 0 bridgehead atoms. The summed E-state index contributed by atoms with van der Waals surface area (Å²) in [4.78, 5) is 0. The third kappa shape index (κ3) is 6.20. The van der Waals surface area contributed by atoms with Crippen molar-refractivity contribution in [3.05, 3.63) is 166 Å². The molecule has 0 aliphatic carbocycles. The zero-order valence-corrected chi connectivity index (χ0v) is 31.5. The van der Waals surface area contributed by atoms with Crippen LogP contribution >= 0.6 is 0 Å². The summed E-state index contributed by atoms with van der Waals surface area (Å²) in [6.07, 6.45) is -10.2. The van der Waals surface area contributed by atoms with Gasteiger partial charge in [0.25, 0.3) is 0 Å². The van der Waals surface area contributed by atoms with E-state index >= 15 is 0 Å². The number of benzene rings is 7. The molecule has 0 unspecified atom stereocenters. The molecule has 0 aliphatic heterocycles. The molecule has 294 valence electrons. The molecule has 2 aromatic heterocycles. The number of aromatic nitrogens is 2. The Balaban J connectivity index is 1.43. The normalized spacial score (nSPS) is 11.6. The smallest absolute Gasteiger partial charge is 0.309 e. The first-order valence-electron chi connectivity index (χ1n) is 18.5. The fourth-order valence-corrected chi connectivity index (χ4v) is 8.18. The summed E-state index contributed by atoms with van der Waals surface area (Å²) in [5, 5.41) is 51.9. The minimum atomic E-state index is -5.18. The fourth-order valence-electron chi connectivity index (χ4n) is 8.18. The molecule has 0 saturated carbocycles. The van der Waals surface area contributed by atoms with E-state index in [2.05, 4.69) is 30.3 Å². The Bertz CT molecular complexity index is 3490. The summed E-state index contributed by atoms with van der Waals surface area (Å²) in [6.45, 7) is 0. The molecule has 0 N–H and O–H groups in total. The standard InChI is InChI=1S/C49H21F6N7/c50-48(51,52)33-7-10-34(41(21-33)49(53,54)55)32-6-9-36(47(20-32)62-44-13-4-29(24-58)17-39(44)40-18-30(25-59)5-14-45(40)62)35-8-1-31(26-60)19-46(35)61-42-11-2-27(22-56)15-37(42)38-16-28(23-57)3-12-43(38)61/h1-21H. The highest BCUT2D eigenvalue weighted by molar-refractivity contribution is 6.12. The Morgan fingerprint density at radius 1 is 0.355 bits per heavy atom. The molecule has 7 nitrogen and oxygen atoms in total. The molecule has 0 atom stereocenters. The van der Waals surface area contributed by atoms with Crippen LogP contribution in [0.4, 0.5) is 26.3 Å². The number of alkyl halides is 6. The predicted molar refractivity (Wildman–Crippen MR) is 220 cm³/mol. The van der Waals surface area contributed by atoms with E-state index in [0.717, 1.165) is 6.07 Å². The maximum atomic E-state index is 14.7. The van der Waals surface area contributed by atoms with Crippen LogP contribution in [0.3, 0.4) is 0 Å². The van der Waals surface area contributed by atoms with E-state index in [1.807, 2.05) is 4.57 Å². The predicted octanol–water partition coefficient (Wildman–Crippen LogP) is 12.6. The van der Waals surface area contributed by atoms with E-state index < -0.39 is 29.0 Å². The van der Waals surface area contributed by atoms with Crippen LogP contribution < -0.4 is 0 Å². The van der Waals surface area contributed by atoms with Crippen LogP contribution in [0.15, 0.2) is 127 Å². The molecule has 0 radical (unpaired) electrons. The molecule has 9 aromatic rings. The van der Waals surface area contributed by atoms with Gasteiger partial charge in [0.1, 0.15) is 0 Å². The molecule has 0 fully saturated rings. The van der Waals surface area contributed by atoms with Crippen LogP contribution in [0.25, 0.3) is 77.2 Å². The van der Waals surface area contributed by atoms with Crippen molar-refractivity contribution in [1.82, 2.24) is 9.13 Å². The molecule has 0 saturated heterocycles. The summed E-state index contributed by atoms with van der Waals surface area (Å²) >= 11 is 0. The zero-order valence-electron chi connectivity index (χ0n) is 31.5. The summed E-state index contributed by atoms with van der Waals surface area (Å²) < 4.78 is 89.2. The first-order valence-corrected chi connectivity index (χ1v) is 18.5. The average molecular weight is 822 g/mol. The zero-order chi connectivity index (χ0) is 43.7. The third-order valence-electron chi connectivity index (χ3n) is 10.9. The highest BCUT2D eigenvalue weighted by Gasteiger charge is 2.38. The van der Waals surface area contributed by atoms with Crippen molar-refractivity contribution < 1.29 is 26.3 Å². The lowest BCUT2D eigenvalue weighted by Crippen LogP contribution is -2.12. The van der Waals surface area contributed by atoms with E-state index in [9.17, 15) is 52.7 Å². The lowest BCUT2D eigenvalue weighted by Gasteiger charge is -2.21. The summed E-state index contributed by atoms with van der Waals surface area (Å²) in [6, 6.07) is 41.3. The van der Waals surface area contributed by atoms with Crippen molar-refractivity contribution in [3.8, 4) is 64.0 Å². The Hall–Kier alpha value is -8.83. The summed E-state index contributed by atoms with van der Waals surface area (Å²) in [5.41, 5.74) is 1.82. The van der Waals surface area contributed by atoms with E-state index in [4.69, 9.17) is 0 Å². The van der Waals surface area contributed by atoms with Crippen molar-refractivity contribution in [1.29, 1.82) is 26.3 Å². The Kier molecular flexibility index (Phi) is 8.84. The maximum absolute atomic E-state index is 14.7. The van der Waals surface area contributed by atoms with Crippen LogP contribution in [-0.2, 0) is 12.4 Å². The van der Waals surface area contributed by atoms with Gasteiger partial charge in [0.2, 0.25) is 0 Å². The van der Waals surface area contributed by atoms with Crippen LogP contribution in [0.1, 0.15) is 38.9 Å². The van der Waals surface area contributed by atoms with Crippen molar-refractivity contribution in [3.63, 3.8) is 0 Å². The van der Waals surface area contributed by atoms with Crippen molar-refractivity contribution in [2.75, 3.05) is 0 Å². The molecule has 2 heterocycles. The molecule has 9 rings (SSSR count). The molecule has 62 heavy (non-hydrogen) atoms. The molecule has 0 amide bonds. The van der Waals surface area contributed by atoms with Gasteiger partial charge in [-0.15, -0.1) is 0 Å². The SMILES string of the molecule is N#Cc1ccc(-c2ccc(-c3ccc(C(F)(F)F)cc3C(F)(F)F)cc2-n2c3ccc(C#N)cc3c3cc(C#N)ccc32)c(-n2c3ccc(C#N)cc3c3cc(C#N)ccc32)c1. The Labute approximate surface area is 347 Å². The van der Waals surface area contributed by atoms with Gasteiger partial charge in [-0.05, 0) is 114 Å². The van der Waals surface area contributed by atoms with Crippen molar-refractivity contribution in [2.24, 2.45) is 0 Å².